The Morgan fingerprint density at radius 3 is 2.18 bits per heavy atom. The fourth-order valence-corrected chi connectivity index (χ4v) is 4.45. The van der Waals surface area contributed by atoms with E-state index >= 15 is 0 Å². The van der Waals surface area contributed by atoms with Crippen LogP contribution in [0.15, 0.2) is 96.4 Å². The second-order valence-corrected chi connectivity index (χ2v) is 9.03. The van der Waals surface area contributed by atoms with Crippen LogP contribution < -0.4 is 4.18 Å². The van der Waals surface area contributed by atoms with Crippen LogP contribution in [-0.4, -0.2) is 26.1 Å². The number of ether oxygens (including phenoxy) is 1. The van der Waals surface area contributed by atoms with Crippen molar-refractivity contribution in [3.63, 3.8) is 0 Å². The molecule has 0 saturated carbocycles. The number of rotatable bonds is 9. The standard InChI is InChI=1S/C26H26O6S/c1-4-24(20-9-7-6-8-10-20)26(28,25(27)31-5-2)21-13-15-22(16-14-21)32-33(29,30)23-17-11-19(3)12-18-23/h4,6-18,24,28H,1,5H2,2-3H3. The topological polar surface area (TPSA) is 89.9 Å². The van der Waals surface area contributed by atoms with Gasteiger partial charge >= 0.3 is 16.1 Å². The fourth-order valence-electron chi connectivity index (χ4n) is 3.52. The Bertz CT molecular complexity index is 1200. The predicted molar refractivity (Wildman–Crippen MR) is 125 cm³/mol. The van der Waals surface area contributed by atoms with Crippen LogP contribution in [-0.2, 0) is 25.3 Å². The average Bonchev–Trinajstić information content (AvgIpc) is 2.80. The Labute approximate surface area is 194 Å². The van der Waals surface area contributed by atoms with E-state index in [0.29, 0.717) is 5.56 Å². The lowest BCUT2D eigenvalue weighted by atomic mass is 9.77. The molecule has 1 N–H and O–H groups in total. The highest BCUT2D eigenvalue weighted by Gasteiger charge is 2.46. The number of aliphatic hydroxyl groups is 1. The molecule has 0 saturated heterocycles. The van der Waals surface area contributed by atoms with E-state index in [9.17, 15) is 18.3 Å². The van der Waals surface area contributed by atoms with Crippen molar-refractivity contribution in [2.24, 2.45) is 0 Å². The second-order valence-electron chi connectivity index (χ2n) is 7.49. The van der Waals surface area contributed by atoms with Crippen LogP contribution in [0, 0.1) is 6.92 Å². The third-order valence-electron chi connectivity index (χ3n) is 5.24. The van der Waals surface area contributed by atoms with Gasteiger partial charge in [0, 0.05) is 5.92 Å². The second kappa shape index (κ2) is 10.0. The first-order valence-electron chi connectivity index (χ1n) is 10.4. The summed E-state index contributed by atoms with van der Waals surface area (Å²) >= 11 is 0. The van der Waals surface area contributed by atoms with Gasteiger partial charge in [-0.1, -0.05) is 66.2 Å². The maximum absolute atomic E-state index is 12.9. The minimum atomic E-state index is -4.04. The number of hydrogen-bond donors (Lipinski definition) is 1. The Balaban J connectivity index is 1.97. The minimum absolute atomic E-state index is 0.0241. The molecule has 172 valence electrons. The molecule has 0 aliphatic heterocycles. The van der Waals surface area contributed by atoms with Crippen LogP contribution in [0.2, 0.25) is 0 Å². The highest BCUT2D eigenvalue weighted by atomic mass is 32.2. The Morgan fingerprint density at radius 1 is 1.03 bits per heavy atom. The summed E-state index contributed by atoms with van der Waals surface area (Å²) in [5.41, 5.74) is -0.264. The van der Waals surface area contributed by atoms with Crippen LogP contribution >= 0.6 is 0 Å². The summed E-state index contributed by atoms with van der Waals surface area (Å²) in [5, 5.41) is 11.6. The largest absolute Gasteiger partial charge is 0.464 e. The smallest absolute Gasteiger partial charge is 0.343 e. The van der Waals surface area contributed by atoms with Crippen LogP contribution in [0.25, 0.3) is 0 Å². The van der Waals surface area contributed by atoms with E-state index in [2.05, 4.69) is 6.58 Å². The minimum Gasteiger partial charge on any atom is -0.464 e. The first-order valence-corrected chi connectivity index (χ1v) is 11.8. The maximum atomic E-state index is 12.9. The van der Waals surface area contributed by atoms with Crippen LogP contribution in [0.3, 0.4) is 0 Å². The van der Waals surface area contributed by atoms with Crippen LogP contribution in [0.1, 0.15) is 29.5 Å². The molecule has 6 nitrogen and oxygen atoms in total. The molecule has 2 atom stereocenters. The molecule has 3 aromatic rings. The zero-order valence-corrected chi connectivity index (χ0v) is 19.3. The van der Waals surface area contributed by atoms with Gasteiger partial charge in [0.1, 0.15) is 10.6 Å². The van der Waals surface area contributed by atoms with Crippen molar-refractivity contribution in [1.82, 2.24) is 0 Å². The van der Waals surface area contributed by atoms with E-state index < -0.39 is 27.6 Å². The normalized spacial score (nSPS) is 14.0. The molecule has 7 heteroatoms. The zero-order chi connectivity index (χ0) is 24.1. The molecule has 0 bridgehead atoms. The van der Waals surface area contributed by atoms with Gasteiger partial charge in [-0.15, -0.1) is 6.58 Å². The highest BCUT2D eigenvalue weighted by molar-refractivity contribution is 7.87. The van der Waals surface area contributed by atoms with E-state index in [4.69, 9.17) is 8.92 Å². The van der Waals surface area contributed by atoms with Gasteiger partial charge in [-0.05, 0) is 49.2 Å². The van der Waals surface area contributed by atoms with Gasteiger partial charge in [0.05, 0.1) is 6.61 Å². The summed E-state index contributed by atoms with van der Waals surface area (Å²) in [6, 6.07) is 20.9. The van der Waals surface area contributed by atoms with Gasteiger partial charge in [0.2, 0.25) is 0 Å². The molecular formula is C26H26O6S. The molecule has 0 heterocycles. The molecule has 0 aromatic heterocycles. The Morgan fingerprint density at radius 2 is 1.64 bits per heavy atom. The molecule has 0 aliphatic rings. The molecule has 3 rings (SSSR count). The number of benzene rings is 3. The van der Waals surface area contributed by atoms with Crippen molar-refractivity contribution in [3.05, 3.63) is 108 Å². The third kappa shape index (κ3) is 5.16. The number of hydrogen-bond acceptors (Lipinski definition) is 6. The fraction of sp³-hybridized carbons (Fsp3) is 0.192. The lowest BCUT2D eigenvalue weighted by molar-refractivity contribution is -0.168. The van der Waals surface area contributed by atoms with E-state index in [0.717, 1.165) is 5.56 Å². The lowest BCUT2D eigenvalue weighted by Gasteiger charge is -2.33. The number of esters is 1. The molecule has 0 radical (unpaired) electrons. The average molecular weight is 467 g/mol. The van der Waals surface area contributed by atoms with E-state index in [-0.39, 0.29) is 22.8 Å². The van der Waals surface area contributed by atoms with Crippen molar-refractivity contribution >= 4 is 16.1 Å². The molecular weight excluding hydrogens is 440 g/mol. The number of aryl methyl sites for hydroxylation is 1. The van der Waals surface area contributed by atoms with Crippen molar-refractivity contribution in [1.29, 1.82) is 0 Å². The van der Waals surface area contributed by atoms with Crippen molar-refractivity contribution in [3.8, 4) is 5.75 Å². The van der Waals surface area contributed by atoms with Crippen molar-refractivity contribution < 1.29 is 27.2 Å². The highest BCUT2D eigenvalue weighted by Crippen LogP contribution is 2.40. The van der Waals surface area contributed by atoms with Gasteiger partial charge in [-0.3, -0.25) is 0 Å². The third-order valence-corrected chi connectivity index (χ3v) is 6.50. The first kappa shape index (κ1) is 24.2. The van der Waals surface area contributed by atoms with Crippen molar-refractivity contribution in [2.45, 2.75) is 30.3 Å². The summed E-state index contributed by atoms with van der Waals surface area (Å²) in [4.78, 5) is 12.9. The van der Waals surface area contributed by atoms with E-state index in [1.807, 2.05) is 13.0 Å². The van der Waals surface area contributed by atoms with Gasteiger partial charge in [0.15, 0.2) is 5.60 Å². The Hall–Kier alpha value is -3.42. The summed E-state index contributed by atoms with van der Waals surface area (Å²) in [6.07, 6.45) is 1.48. The molecule has 0 amide bonds. The summed E-state index contributed by atoms with van der Waals surface area (Å²) in [7, 11) is -4.04. The summed E-state index contributed by atoms with van der Waals surface area (Å²) in [6.45, 7) is 7.39. The maximum Gasteiger partial charge on any atom is 0.343 e. The molecule has 0 aliphatic carbocycles. The monoisotopic (exact) mass is 466 g/mol. The SMILES string of the molecule is C=CC(c1ccccc1)C(O)(C(=O)OCC)c1ccc(OS(=O)(=O)c2ccc(C)cc2)cc1. The van der Waals surface area contributed by atoms with Gasteiger partial charge in [-0.2, -0.15) is 8.42 Å². The molecule has 0 spiro atoms. The van der Waals surface area contributed by atoms with Gasteiger partial charge in [-0.25, -0.2) is 4.79 Å². The number of carbonyl (C=O) groups excluding carboxylic acids is 1. The summed E-state index contributed by atoms with van der Waals surface area (Å²) < 4.78 is 35.5. The quantitative estimate of drug-likeness (QED) is 0.284. The van der Waals surface area contributed by atoms with Gasteiger partial charge < -0.3 is 14.0 Å². The number of carbonyl (C=O) groups is 1. The first-order chi connectivity index (χ1) is 15.7. The Kier molecular flexibility index (Phi) is 7.36. The van der Waals surface area contributed by atoms with E-state index in [1.165, 1.54) is 42.5 Å². The van der Waals surface area contributed by atoms with Crippen LogP contribution in [0.4, 0.5) is 0 Å². The zero-order valence-electron chi connectivity index (χ0n) is 18.5. The van der Waals surface area contributed by atoms with E-state index in [1.54, 1.807) is 43.3 Å². The molecule has 33 heavy (non-hydrogen) atoms. The molecule has 0 fully saturated rings. The van der Waals surface area contributed by atoms with Gasteiger partial charge in [0.25, 0.3) is 0 Å². The van der Waals surface area contributed by atoms with Crippen molar-refractivity contribution in [2.75, 3.05) is 6.61 Å². The van der Waals surface area contributed by atoms with Crippen LogP contribution in [0.5, 0.6) is 5.75 Å². The molecule has 3 aromatic carbocycles. The summed E-state index contributed by atoms with van der Waals surface area (Å²) in [5.74, 6) is -1.60. The lowest BCUT2D eigenvalue weighted by Crippen LogP contribution is -2.42. The predicted octanol–water partition coefficient (Wildman–Crippen LogP) is 4.48. The molecule has 2 unspecified atom stereocenters.